The molecule has 21 heavy (non-hydrogen) atoms. The number of primary amides is 1. The Balaban J connectivity index is 0.00000220. The molecule has 0 bridgehead atoms. The molecule has 2 atom stereocenters. The number of ether oxygens (including phenoxy) is 1. The standard InChI is InChI=1S/C13H16FN3O3.ClH/c14-9-3-1-7(12(16)18)5-10(9)17-13(19)11-4-2-8(6-15)20-11;/h1,3,5,8,11H,2,4,6,15H2,(H2,16,18)(H,17,19);1H/t8-,11+;/m1./s1. The Morgan fingerprint density at radius 3 is 2.67 bits per heavy atom. The number of nitrogens with one attached hydrogen (secondary N) is 1. The van der Waals surface area contributed by atoms with E-state index in [-0.39, 0.29) is 29.8 Å². The molecule has 8 heteroatoms. The van der Waals surface area contributed by atoms with E-state index in [2.05, 4.69) is 5.32 Å². The van der Waals surface area contributed by atoms with Crippen LogP contribution in [0.25, 0.3) is 0 Å². The molecule has 1 heterocycles. The van der Waals surface area contributed by atoms with Gasteiger partial charge in [0.1, 0.15) is 11.9 Å². The Hall–Kier alpha value is -1.70. The summed E-state index contributed by atoms with van der Waals surface area (Å²) in [5, 5.41) is 2.40. The van der Waals surface area contributed by atoms with Gasteiger partial charge in [-0.3, -0.25) is 9.59 Å². The van der Waals surface area contributed by atoms with Crippen molar-refractivity contribution in [1.82, 2.24) is 0 Å². The van der Waals surface area contributed by atoms with Crippen molar-refractivity contribution in [1.29, 1.82) is 0 Å². The number of hydrogen-bond acceptors (Lipinski definition) is 4. The maximum atomic E-state index is 13.6. The molecule has 0 aromatic heterocycles. The summed E-state index contributed by atoms with van der Waals surface area (Å²) in [6.45, 7) is 0.343. The van der Waals surface area contributed by atoms with Crippen molar-refractivity contribution in [3.63, 3.8) is 0 Å². The molecule has 1 fully saturated rings. The fourth-order valence-corrected chi connectivity index (χ4v) is 2.06. The first-order valence-electron chi connectivity index (χ1n) is 6.27. The third kappa shape index (κ3) is 4.13. The maximum absolute atomic E-state index is 13.6. The van der Waals surface area contributed by atoms with Crippen molar-refractivity contribution in [2.45, 2.75) is 25.0 Å². The number of benzene rings is 1. The van der Waals surface area contributed by atoms with Crippen molar-refractivity contribution in [3.05, 3.63) is 29.6 Å². The molecule has 116 valence electrons. The Kier molecular flexibility index (Phi) is 6.07. The minimum absolute atomic E-state index is 0. The fraction of sp³-hybridized carbons (Fsp3) is 0.385. The number of amides is 2. The highest BCUT2D eigenvalue weighted by atomic mass is 35.5. The number of anilines is 1. The van der Waals surface area contributed by atoms with Gasteiger partial charge in [0.05, 0.1) is 11.8 Å². The van der Waals surface area contributed by atoms with E-state index in [1.807, 2.05) is 0 Å². The summed E-state index contributed by atoms with van der Waals surface area (Å²) in [5.74, 6) is -1.79. The summed E-state index contributed by atoms with van der Waals surface area (Å²) in [7, 11) is 0. The molecule has 0 unspecified atom stereocenters. The van der Waals surface area contributed by atoms with Crippen molar-refractivity contribution < 1.29 is 18.7 Å². The predicted octanol–water partition coefficient (Wildman–Crippen LogP) is 0.791. The van der Waals surface area contributed by atoms with E-state index in [1.54, 1.807) is 0 Å². The first-order chi connectivity index (χ1) is 9.51. The minimum atomic E-state index is -0.694. The van der Waals surface area contributed by atoms with Gasteiger partial charge >= 0.3 is 0 Å². The SMILES string of the molecule is Cl.NC[C@H]1CC[C@@H](C(=O)Nc2cc(C(N)=O)ccc2F)O1. The largest absolute Gasteiger partial charge is 0.366 e. The van der Waals surface area contributed by atoms with E-state index in [0.29, 0.717) is 19.4 Å². The van der Waals surface area contributed by atoms with Crippen LogP contribution in [0, 0.1) is 5.82 Å². The van der Waals surface area contributed by atoms with E-state index < -0.39 is 23.7 Å². The highest BCUT2D eigenvalue weighted by Gasteiger charge is 2.30. The first kappa shape index (κ1) is 17.4. The zero-order valence-corrected chi connectivity index (χ0v) is 12.0. The lowest BCUT2D eigenvalue weighted by atomic mass is 10.1. The number of carbonyl (C=O) groups is 2. The van der Waals surface area contributed by atoms with Crippen LogP contribution in [0.5, 0.6) is 0 Å². The predicted molar refractivity (Wildman–Crippen MR) is 77.7 cm³/mol. The number of hydrogen-bond donors (Lipinski definition) is 3. The normalized spacial score (nSPS) is 20.7. The van der Waals surface area contributed by atoms with Gasteiger partial charge in [-0.2, -0.15) is 0 Å². The van der Waals surface area contributed by atoms with Gasteiger partial charge in [0, 0.05) is 12.1 Å². The smallest absolute Gasteiger partial charge is 0.253 e. The second-order valence-corrected chi connectivity index (χ2v) is 4.61. The summed E-state index contributed by atoms with van der Waals surface area (Å²) in [6.07, 6.45) is 0.427. The van der Waals surface area contributed by atoms with E-state index in [4.69, 9.17) is 16.2 Å². The summed E-state index contributed by atoms with van der Waals surface area (Å²) in [6, 6.07) is 3.53. The van der Waals surface area contributed by atoms with Crippen LogP contribution < -0.4 is 16.8 Å². The Morgan fingerprint density at radius 2 is 2.10 bits per heavy atom. The summed E-state index contributed by atoms with van der Waals surface area (Å²) in [4.78, 5) is 23.0. The molecule has 0 spiro atoms. The van der Waals surface area contributed by atoms with Gasteiger partial charge in [-0.1, -0.05) is 0 Å². The van der Waals surface area contributed by atoms with Gasteiger partial charge < -0.3 is 21.5 Å². The highest BCUT2D eigenvalue weighted by Crippen LogP contribution is 2.22. The summed E-state index contributed by atoms with van der Waals surface area (Å²) in [5.41, 5.74) is 10.6. The van der Waals surface area contributed by atoms with Crippen LogP contribution in [0.15, 0.2) is 18.2 Å². The van der Waals surface area contributed by atoms with Gasteiger partial charge in [-0.25, -0.2) is 4.39 Å². The number of nitrogens with two attached hydrogens (primary N) is 2. The lowest BCUT2D eigenvalue weighted by Crippen LogP contribution is -2.30. The van der Waals surface area contributed by atoms with Crippen molar-refractivity contribution >= 4 is 29.9 Å². The molecule has 0 aliphatic carbocycles. The third-order valence-corrected chi connectivity index (χ3v) is 3.17. The average molecular weight is 318 g/mol. The quantitative estimate of drug-likeness (QED) is 0.763. The molecule has 5 N–H and O–H groups in total. The number of rotatable bonds is 4. The van der Waals surface area contributed by atoms with Crippen molar-refractivity contribution in [2.75, 3.05) is 11.9 Å². The zero-order chi connectivity index (χ0) is 14.7. The maximum Gasteiger partial charge on any atom is 0.253 e. The molecular weight excluding hydrogens is 301 g/mol. The molecule has 2 rings (SSSR count). The van der Waals surface area contributed by atoms with Gasteiger partial charge in [0.25, 0.3) is 5.91 Å². The van der Waals surface area contributed by atoms with E-state index >= 15 is 0 Å². The fourth-order valence-electron chi connectivity index (χ4n) is 2.06. The minimum Gasteiger partial charge on any atom is -0.366 e. The van der Waals surface area contributed by atoms with Crippen LogP contribution >= 0.6 is 12.4 Å². The van der Waals surface area contributed by atoms with Crippen LogP contribution in [0.1, 0.15) is 23.2 Å². The summed E-state index contributed by atoms with van der Waals surface area (Å²) < 4.78 is 19.0. The third-order valence-electron chi connectivity index (χ3n) is 3.17. The molecule has 1 aromatic carbocycles. The van der Waals surface area contributed by atoms with Crippen LogP contribution in [0.3, 0.4) is 0 Å². The monoisotopic (exact) mass is 317 g/mol. The Bertz CT molecular complexity index is 541. The molecule has 1 aromatic rings. The van der Waals surface area contributed by atoms with Crippen molar-refractivity contribution in [2.24, 2.45) is 11.5 Å². The van der Waals surface area contributed by atoms with E-state index in [9.17, 15) is 14.0 Å². The van der Waals surface area contributed by atoms with Crippen LogP contribution in [0.2, 0.25) is 0 Å². The molecule has 6 nitrogen and oxygen atoms in total. The topological polar surface area (TPSA) is 107 Å². The summed E-state index contributed by atoms with van der Waals surface area (Å²) >= 11 is 0. The number of carbonyl (C=O) groups excluding carboxylic acids is 2. The highest BCUT2D eigenvalue weighted by molar-refractivity contribution is 5.97. The molecule has 1 saturated heterocycles. The Morgan fingerprint density at radius 1 is 1.38 bits per heavy atom. The van der Waals surface area contributed by atoms with Gasteiger partial charge in [-0.15, -0.1) is 12.4 Å². The Labute approximate surface area is 127 Å². The van der Waals surface area contributed by atoms with Gasteiger partial charge in [0.15, 0.2) is 0 Å². The van der Waals surface area contributed by atoms with Crippen LogP contribution in [0.4, 0.5) is 10.1 Å². The van der Waals surface area contributed by atoms with Crippen LogP contribution in [-0.4, -0.2) is 30.6 Å². The molecule has 1 aliphatic rings. The lowest BCUT2D eigenvalue weighted by molar-refractivity contribution is -0.126. The van der Waals surface area contributed by atoms with E-state index in [0.717, 1.165) is 6.07 Å². The first-order valence-corrected chi connectivity index (χ1v) is 6.27. The second-order valence-electron chi connectivity index (χ2n) is 4.61. The molecule has 0 saturated carbocycles. The molecule has 2 amide bonds. The van der Waals surface area contributed by atoms with E-state index in [1.165, 1.54) is 12.1 Å². The van der Waals surface area contributed by atoms with Crippen LogP contribution in [-0.2, 0) is 9.53 Å². The average Bonchev–Trinajstić information content (AvgIpc) is 2.89. The van der Waals surface area contributed by atoms with Gasteiger partial charge in [0.2, 0.25) is 5.91 Å². The molecule has 0 radical (unpaired) electrons. The molecule has 1 aliphatic heterocycles. The number of halogens is 2. The van der Waals surface area contributed by atoms with Crippen molar-refractivity contribution in [3.8, 4) is 0 Å². The van der Waals surface area contributed by atoms with Gasteiger partial charge in [-0.05, 0) is 31.0 Å². The molecular formula is C13H17ClFN3O3. The second kappa shape index (κ2) is 7.35. The lowest BCUT2D eigenvalue weighted by Gasteiger charge is -2.13. The zero-order valence-electron chi connectivity index (χ0n) is 11.2.